The monoisotopic (exact) mass is 374 g/mol. The van der Waals surface area contributed by atoms with Gasteiger partial charge in [0.2, 0.25) is 0 Å². The molecule has 3 nitrogen and oxygen atoms in total. The zero-order valence-corrected chi connectivity index (χ0v) is 16.6. The number of hydrogen-bond acceptors (Lipinski definition) is 3. The highest BCUT2D eigenvalue weighted by molar-refractivity contribution is 5.94. The quantitative estimate of drug-likeness (QED) is 0.855. The van der Waals surface area contributed by atoms with Crippen LogP contribution in [0.5, 0.6) is 0 Å². The number of carbonyl (C=O) groups excluding carboxylic acids is 1. The van der Waals surface area contributed by atoms with Crippen LogP contribution in [0.2, 0.25) is 0 Å². The molecule has 2 heterocycles. The summed E-state index contributed by atoms with van der Waals surface area (Å²) in [4.78, 5) is 16.2. The van der Waals surface area contributed by atoms with E-state index < -0.39 is 0 Å². The third-order valence-electron chi connectivity index (χ3n) is 7.34. The molecule has 146 valence electrons. The van der Waals surface area contributed by atoms with E-state index in [-0.39, 0.29) is 17.4 Å². The second-order valence-corrected chi connectivity index (χ2v) is 8.79. The maximum Gasteiger partial charge on any atom is 0.159 e. The van der Waals surface area contributed by atoms with E-state index in [1.807, 2.05) is 0 Å². The van der Waals surface area contributed by atoms with Crippen molar-refractivity contribution in [1.29, 1.82) is 0 Å². The average molecular weight is 375 g/mol. The fourth-order valence-corrected chi connectivity index (χ4v) is 5.63. The van der Waals surface area contributed by atoms with Crippen LogP contribution in [0.25, 0.3) is 0 Å². The van der Waals surface area contributed by atoms with Gasteiger partial charge in [-0.2, -0.15) is 0 Å². The van der Waals surface area contributed by atoms with E-state index in [1.165, 1.54) is 23.2 Å². The van der Waals surface area contributed by atoms with Gasteiger partial charge in [0, 0.05) is 23.6 Å². The van der Waals surface area contributed by atoms with Crippen LogP contribution in [0.4, 0.5) is 5.69 Å². The Hall–Kier alpha value is -2.13. The molecule has 2 aromatic carbocycles. The Labute approximate surface area is 168 Å². The molecule has 3 aliphatic rings. The smallest absolute Gasteiger partial charge is 0.159 e. The van der Waals surface area contributed by atoms with Gasteiger partial charge in [-0.25, -0.2) is 0 Å². The topological polar surface area (TPSA) is 32.3 Å². The first kappa shape index (κ1) is 17.9. The first-order chi connectivity index (χ1) is 13.8. The number of para-hydroxylation sites is 1. The Morgan fingerprint density at radius 2 is 1.71 bits per heavy atom. The van der Waals surface area contributed by atoms with Crippen molar-refractivity contribution in [2.24, 2.45) is 5.92 Å². The highest BCUT2D eigenvalue weighted by atomic mass is 16.1. The largest absolute Gasteiger partial charge is 0.360 e. The molecule has 1 atom stereocenters. The van der Waals surface area contributed by atoms with Gasteiger partial charge < -0.3 is 10.2 Å². The van der Waals surface area contributed by atoms with Gasteiger partial charge in [-0.3, -0.25) is 4.79 Å². The van der Waals surface area contributed by atoms with Crippen molar-refractivity contribution < 1.29 is 4.79 Å². The summed E-state index contributed by atoms with van der Waals surface area (Å²) in [5.41, 5.74) is 4.06. The second-order valence-electron chi connectivity index (χ2n) is 8.79. The standard InChI is InChI=1S/C25H30N2O/c28-23(20-9-6-10-20)24-25(14-16-26-17-15-25)21-11-4-5-12-22(21)27(24)18-13-19-7-2-1-3-8-19/h1-5,7-8,11-12,20,24,26H,6,9-10,13-18H2/t24-/m0/s1. The fraction of sp³-hybridized carbons (Fsp3) is 0.480. The molecular formula is C25H30N2O. The minimum Gasteiger partial charge on any atom is -0.360 e. The molecule has 0 unspecified atom stereocenters. The van der Waals surface area contributed by atoms with E-state index in [0.29, 0.717) is 5.78 Å². The number of ketones is 1. The second kappa shape index (κ2) is 7.36. The summed E-state index contributed by atoms with van der Waals surface area (Å²) in [6, 6.07) is 19.5. The lowest BCUT2D eigenvalue weighted by Gasteiger charge is -2.43. The van der Waals surface area contributed by atoms with Crippen molar-refractivity contribution in [2.75, 3.05) is 24.5 Å². The van der Waals surface area contributed by atoms with Crippen LogP contribution in [-0.4, -0.2) is 31.5 Å². The first-order valence-corrected chi connectivity index (χ1v) is 10.9. The Morgan fingerprint density at radius 3 is 2.43 bits per heavy atom. The normalized spacial score (nSPS) is 23.4. The van der Waals surface area contributed by atoms with Crippen molar-refractivity contribution >= 4 is 11.5 Å². The van der Waals surface area contributed by atoms with Gasteiger partial charge in [-0.1, -0.05) is 55.0 Å². The summed E-state index contributed by atoms with van der Waals surface area (Å²) in [5, 5.41) is 3.53. The van der Waals surface area contributed by atoms with Crippen LogP contribution in [0.15, 0.2) is 54.6 Å². The molecule has 3 heteroatoms. The molecular weight excluding hydrogens is 344 g/mol. The molecule has 1 spiro atoms. The van der Waals surface area contributed by atoms with Crippen molar-refractivity contribution in [3.05, 3.63) is 65.7 Å². The fourth-order valence-electron chi connectivity index (χ4n) is 5.63. The molecule has 2 aromatic rings. The number of Topliss-reactive ketones (excluding diaryl/α,β-unsaturated/α-hetero) is 1. The first-order valence-electron chi connectivity index (χ1n) is 10.9. The molecule has 0 radical (unpaired) electrons. The zero-order chi connectivity index (χ0) is 19.0. The van der Waals surface area contributed by atoms with Crippen LogP contribution in [0.3, 0.4) is 0 Å². The summed E-state index contributed by atoms with van der Waals surface area (Å²) in [6.45, 7) is 2.93. The molecule has 1 saturated heterocycles. The zero-order valence-electron chi connectivity index (χ0n) is 16.6. The van der Waals surface area contributed by atoms with E-state index in [9.17, 15) is 4.79 Å². The van der Waals surface area contributed by atoms with E-state index in [1.54, 1.807) is 0 Å². The minimum absolute atomic E-state index is 0.00873. The summed E-state index contributed by atoms with van der Waals surface area (Å²) in [5.74, 6) is 0.794. The Balaban J connectivity index is 1.53. The summed E-state index contributed by atoms with van der Waals surface area (Å²) < 4.78 is 0. The molecule has 1 saturated carbocycles. The van der Waals surface area contributed by atoms with Gasteiger partial charge in [0.1, 0.15) is 0 Å². The maximum absolute atomic E-state index is 13.7. The summed E-state index contributed by atoms with van der Waals surface area (Å²) >= 11 is 0. The summed E-state index contributed by atoms with van der Waals surface area (Å²) in [6.07, 6.45) is 6.51. The number of fused-ring (bicyclic) bond motifs is 2. The Morgan fingerprint density at radius 1 is 1.00 bits per heavy atom. The van der Waals surface area contributed by atoms with Crippen molar-refractivity contribution in [3.8, 4) is 0 Å². The van der Waals surface area contributed by atoms with Gasteiger partial charge in [-0.05, 0) is 62.4 Å². The van der Waals surface area contributed by atoms with E-state index in [4.69, 9.17) is 0 Å². The summed E-state index contributed by atoms with van der Waals surface area (Å²) in [7, 11) is 0. The number of nitrogens with one attached hydrogen (secondary N) is 1. The third kappa shape index (κ3) is 2.88. The number of carbonyl (C=O) groups is 1. The molecule has 1 N–H and O–H groups in total. The molecule has 0 amide bonds. The molecule has 0 bridgehead atoms. The number of benzene rings is 2. The molecule has 2 fully saturated rings. The highest BCUT2D eigenvalue weighted by Gasteiger charge is 2.55. The lowest BCUT2D eigenvalue weighted by atomic mass is 9.65. The van der Waals surface area contributed by atoms with Gasteiger partial charge in [0.25, 0.3) is 0 Å². The van der Waals surface area contributed by atoms with Crippen LogP contribution in [-0.2, 0) is 16.6 Å². The molecule has 2 aliphatic heterocycles. The highest BCUT2D eigenvalue weighted by Crippen LogP contribution is 2.52. The predicted molar refractivity (Wildman–Crippen MR) is 114 cm³/mol. The van der Waals surface area contributed by atoms with Crippen LogP contribution >= 0.6 is 0 Å². The third-order valence-corrected chi connectivity index (χ3v) is 7.34. The molecule has 28 heavy (non-hydrogen) atoms. The van der Waals surface area contributed by atoms with Crippen LogP contribution in [0, 0.1) is 5.92 Å². The molecule has 5 rings (SSSR count). The SMILES string of the molecule is O=C(C1CCC1)[C@@H]1N(CCc2ccccc2)c2ccccc2C12CCNCC2. The number of piperidine rings is 1. The van der Waals surface area contributed by atoms with Crippen molar-refractivity contribution in [3.63, 3.8) is 0 Å². The van der Waals surface area contributed by atoms with E-state index >= 15 is 0 Å². The number of nitrogens with zero attached hydrogens (tertiary/aromatic N) is 1. The van der Waals surface area contributed by atoms with Crippen molar-refractivity contribution in [2.45, 2.75) is 50.0 Å². The average Bonchev–Trinajstić information content (AvgIpc) is 2.96. The predicted octanol–water partition coefficient (Wildman–Crippen LogP) is 4.11. The number of hydrogen-bond donors (Lipinski definition) is 1. The lowest BCUT2D eigenvalue weighted by molar-refractivity contribution is -0.128. The molecule has 1 aliphatic carbocycles. The maximum atomic E-state index is 13.7. The van der Waals surface area contributed by atoms with Gasteiger partial charge >= 0.3 is 0 Å². The van der Waals surface area contributed by atoms with Crippen LogP contribution in [0.1, 0.15) is 43.2 Å². The van der Waals surface area contributed by atoms with Gasteiger partial charge in [0.05, 0.1) is 6.04 Å². The Kier molecular flexibility index (Phi) is 4.72. The minimum atomic E-state index is -0.00873. The Bertz CT molecular complexity index is 837. The number of anilines is 1. The molecule has 0 aromatic heterocycles. The van der Waals surface area contributed by atoms with Crippen molar-refractivity contribution in [1.82, 2.24) is 5.32 Å². The van der Waals surface area contributed by atoms with Crippen LogP contribution < -0.4 is 10.2 Å². The number of rotatable bonds is 5. The van der Waals surface area contributed by atoms with Gasteiger partial charge in [0.15, 0.2) is 5.78 Å². The van der Waals surface area contributed by atoms with Gasteiger partial charge in [-0.15, -0.1) is 0 Å². The van der Waals surface area contributed by atoms with E-state index in [0.717, 1.165) is 51.7 Å². The lowest BCUT2D eigenvalue weighted by Crippen LogP contribution is -2.56. The van der Waals surface area contributed by atoms with E-state index in [2.05, 4.69) is 64.8 Å².